The molecule has 0 aliphatic rings. The molecular weight excluding hydrogens is 420 g/mol. The van der Waals surface area contributed by atoms with E-state index in [0.29, 0.717) is 0 Å². The Kier molecular flexibility index (Phi) is 30.3. The second-order valence-corrected chi connectivity index (χ2v) is 10.1. The van der Waals surface area contributed by atoms with Crippen molar-refractivity contribution in [2.45, 2.75) is 168 Å². The summed E-state index contributed by atoms with van der Waals surface area (Å²) >= 11 is 0. The van der Waals surface area contributed by atoms with Crippen molar-refractivity contribution in [2.75, 3.05) is 19.8 Å². The average Bonchev–Trinajstić information content (AvgIpc) is 2.85. The van der Waals surface area contributed by atoms with Crippen molar-refractivity contribution in [3.63, 3.8) is 0 Å². The van der Waals surface area contributed by atoms with Crippen LogP contribution in [0.2, 0.25) is 0 Å². The highest BCUT2D eigenvalue weighted by atomic mass is 16.7. The van der Waals surface area contributed by atoms with Crippen LogP contribution in [0.25, 0.3) is 0 Å². The summed E-state index contributed by atoms with van der Waals surface area (Å²) in [5, 5.41) is 8.74. The highest BCUT2D eigenvalue weighted by molar-refractivity contribution is 4.80. The van der Waals surface area contributed by atoms with E-state index in [1.807, 2.05) is 0 Å². The van der Waals surface area contributed by atoms with Crippen LogP contribution < -0.4 is 0 Å². The van der Waals surface area contributed by atoms with E-state index in [2.05, 4.69) is 26.0 Å². The topological polar surface area (TPSA) is 38.7 Å². The van der Waals surface area contributed by atoms with Gasteiger partial charge in [0.15, 0.2) is 6.29 Å². The van der Waals surface area contributed by atoms with E-state index in [-0.39, 0.29) is 12.9 Å². The van der Waals surface area contributed by atoms with Crippen molar-refractivity contribution < 1.29 is 14.6 Å². The predicted molar refractivity (Wildman–Crippen MR) is 149 cm³/mol. The molecule has 0 spiro atoms. The van der Waals surface area contributed by atoms with E-state index in [0.717, 1.165) is 26.1 Å². The van der Waals surface area contributed by atoms with Gasteiger partial charge in [0.05, 0.1) is 0 Å². The minimum Gasteiger partial charge on any atom is -0.396 e. The Labute approximate surface area is 214 Å². The van der Waals surface area contributed by atoms with E-state index >= 15 is 0 Å². The van der Waals surface area contributed by atoms with Crippen molar-refractivity contribution in [2.24, 2.45) is 0 Å². The van der Waals surface area contributed by atoms with Crippen LogP contribution in [0.1, 0.15) is 162 Å². The lowest BCUT2D eigenvalue weighted by Gasteiger charge is -2.19. The molecule has 0 amide bonds. The van der Waals surface area contributed by atoms with Crippen LogP contribution in [0.4, 0.5) is 0 Å². The van der Waals surface area contributed by atoms with Crippen molar-refractivity contribution in [1.82, 2.24) is 0 Å². The quantitative estimate of drug-likeness (QED) is 0.0654. The van der Waals surface area contributed by atoms with Crippen molar-refractivity contribution >= 4 is 0 Å². The summed E-state index contributed by atoms with van der Waals surface area (Å²) in [7, 11) is 0. The summed E-state index contributed by atoms with van der Waals surface area (Å²) in [4.78, 5) is 0. The van der Waals surface area contributed by atoms with Gasteiger partial charge in [0.25, 0.3) is 0 Å². The van der Waals surface area contributed by atoms with E-state index in [9.17, 15) is 0 Å². The van der Waals surface area contributed by atoms with E-state index in [1.165, 1.54) is 135 Å². The molecule has 0 aliphatic heterocycles. The van der Waals surface area contributed by atoms with Gasteiger partial charge in [0, 0.05) is 19.8 Å². The first-order valence-electron chi connectivity index (χ1n) is 15.3. The molecule has 3 nitrogen and oxygen atoms in total. The van der Waals surface area contributed by atoms with Gasteiger partial charge in [-0.05, 0) is 44.9 Å². The monoisotopic (exact) mass is 482 g/mol. The lowest BCUT2D eigenvalue weighted by molar-refractivity contribution is -0.148. The molecule has 0 radical (unpaired) electrons. The van der Waals surface area contributed by atoms with Gasteiger partial charge >= 0.3 is 0 Å². The van der Waals surface area contributed by atoms with Crippen LogP contribution in [0, 0.1) is 0 Å². The molecule has 3 heteroatoms. The Hall–Kier alpha value is -0.380. The standard InChI is InChI=1S/C31H62O3/c1-3-5-7-21-25-29-33-31(34-30-26-22-8-6-4-2)27-23-19-17-15-13-11-9-10-12-14-16-18-20-24-28-32/h18,20,31-32H,3-17,19,21-30H2,1-2H3/b20-18-. The molecule has 0 bridgehead atoms. The third kappa shape index (κ3) is 27.9. The number of hydrogen-bond acceptors (Lipinski definition) is 3. The number of aliphatic hydroxyl groups is 1. The first-order chi connectivity index (χ1) is 16.8. The minimum atomic E-state index is 0.0239. The number of unbranched alkanes of at least 4 members (excludes halogenated alkanes) is 18. The summed E-state index contributed by atoms with van der Waals surface area (Å²) in [6.07, 6.45) is 33.8. The normalized spacial score (nSPS) is 11.9. The number of allylic oxidation sites excluding steroid dienone is 1. The van der Waals surface area contributed by atoms with Crippen LogP contribution in [-0.4, -0.2) is 31.2 Å². The molecule has 34 heavy (non-hydrogen) atoms. The molecule has 0 atom stereocenters. The molecule has 1 N–H and O–H groups in total. The molecule has 0 aromatic carbocycles. The maximum atomic E-state index is 8.74. The third-order valence-electron chi connectivity index (χ3n) is 6.63. The second kappa shape index (κ2) is 30.7. The molecule has 0 fully saturated rings. The maximum absolute atomic E-state index is 8.74. The van der Waals surface area contributed by atoms with Crippen LogP contribution in [0.15, 0.2) is 12.2 Å². The smallest absolute Gasteiger partial charge is 0.157 e. The molecule has 0 saturated heterocycles. The zero-order valence-corrected chi connectivity index (χ0v) is 23.4. The molecule has 0 heterocycles. The van der Waals surface area contributed by atoms with Gasteiger partial charge in [-0.3, -0.25) is 0 Å². The molecule has 0 unspecified atom stereocenters. The first kappa shape index (κ1) is 33.6. The Morgan fingerprint density at radius 3 is 1.41 bits per heavy atom. The van der Waals surface area contributed by atoms with Gasteiger partial charge in [0.2, 0.25) is 0 Å². The molecule has 0 aromatic rings. The SMILES string of the molecule is CCCCCCCOC(CCCCCCCCCCCC/C=C\CCO)OCCCCCCC. The Morgan fingerprint density at radius 2 is 0.912 bits per heavy atom. The van der Waals surface area contributed by atoms with E-state index in [1.54, 1.807) is 0 Å². The predicted octanol–water partition coefficient (Wildman–Crippen LogP) is 9.91. The summed E-state index contributed by atoms with van der Waals surface area (Å²) in [5.74, 6) is 0. The maximum Gasteiger partial charge on any atom is 0.157 e. The molecule has 0 saturated carbocycles. The zero-order valence-electron chi connectivity index (χ0n) is 23.4. The van der Waals surface area contributed by atoms with Gasteiger partial charge in [-0.2, -0.15) is 0 Å². The highest BCUT2D eigenvalue weighted by Crippen LogP contribution is 2.15. The second-order valence-electron chi connectivity index (χ2n) is 10.1. The van der Waals surface area contributed by atoms with Crippen LogP contribution >= 0.6 is 0 Å². The number of hydrogen-bond donors (Lipinski definition) is 1. The van der Waals surface area contributed by atoms with Crippen LogP contribution in [-0.2, 0) is 9.47 Å². The largest absolute Gasteiger partial charge is 0.396 e. The van der Waals surface area contributed by atoms with Gasteiger partial charge in [-0.25, -0.2) is 0 Å². The Balaban J connectivity index is 3.68. The minimum absolute atomic E-state index is 0.0239. The first-order valence-corrected chi connectivity index (χ1v) is 15.3. The lowest BCUT2D eigenvalue weighted by atomic mass is 10.0. The fraction of sp³-hybridized carbons (Fsp3) is 0.935. The van der Waals surface area contributed by atoms with Crippen LogP contribution in [0.5, 0.6) is 0 Å². The summed E-state index contributed by atoms with van der Waals surface area (Å²) < 4.78 is 12.3. The molecule has 0 rings (SSSR count). The highest BCUT2D eigenvalue weighted by Gasteiger charge is 2.09. The Morgan fingerprint density at radius 1 is 0.500 bits per heavy atom. The van der Waals surface area contributed by atoms with Crippen molar-refractivity contribution in [3.8, 4) is 0 Å². The molecule has 0 aliphatic carbocycles. The van der Waals surface area contributed by atoms with E-state index < -0.39 is 0 Å². The van der Waals surface area contributed by atoms with Crippen molar-refractivity contribution in [1.29, 1.82) is 0 Å². The molecule has 204 valence electrons. The lowest BCUT2D eigenvalue weighted by Crippen LogP contribution is -2.19. The third-order valence-corrected chi connectivity index (χ3v) is 6.63. The molecule has 0 aromatic heterocycles. The zero-order chi connectivity index (χ0) is 24.8. The number of aliphatic hydroxyl groups excluding tert-OH is 1. The van der Waals surface area contributed by atoms with E-state index in [4.69, 9.17) is 14.6 Å². The summed E-state index contributed by atoms with van der Waals surface area (Å²) in [6.45, 7) is 6.54. The Bertz CT molecular complexity index is 367. The number of rotatable bonds is 29. The van der Waals surface area contributed by atoms with Crippen LogP contribution in [0.3, 0.4) is 0 Å². The van der Waals surface area contributed by atoms with Gasteiger partial charge in [-0.1, -0.05) is 129 Å². The number of ether oxygens (including phenoxy) is 2. The summed E-state index contributed by atoms with van der Waals surface area (Å²) in [5.41, 5.74) is 0. The fourth-order valence-corrected chi connectivity index (χ4v) is 4.35. The fourth-order valence-electron chi connectivity index (χ4n) is 4.35. The van der Waals surface area contributed by atoms with Gasteiger partial charge in [0.1, 0.15) is 0 Å². The average molecular weight is 483 g/mol. The van der Waals surface area contributed by atoms with Crippen molar-refractivity contribution in [3.05, 3.63) is 12.2 Å². The van der Waals surface area contributed by atoms with Gasteiger partial charge < -0.3 is 14.6 Å². The van der Waals surface area contributed by atoms with Gasteiger partial charge in [-0.15, -0.1) is 0 Å². The summed E-state index contributed by atoms with van der Waals surface area (Å²) in [6, 6.07) is 0. The molecular formula is C31H62O3.